The van der Waals surface area contributed by atoms with Crippen LogP contribution in [0.1, 0.15) is 24.8 Å². The molecule has 3 rings (SSSR count). The normalized spacial score (nSPS) is 18.6. The van der Waals surface area contributed by atoms with Crippen LogP contribution in [0.2, 0.25) is 5.02 Å². The number of amides is 3. The number of hydrogen-bond donors (Lipinski definition) is 0. The predicted molar refractivity (Wildman–Crippen MR) is 87.5 cm³/mol. The van der Waals surface area contributed by atoms with E-state index in [2.05, 4.69) is 0 Å². The third-order valence-corrected chi connectivity index (χ3v) is 4.97. The molecule has 2 aliphatic heterocycles. The second-order valence-electron chi connectivity index (χ2n) is 6.13. The average molecular weight is 369 g/mol. The zero-order chi connectivity index (χ0) is 18.0. The lowest BCUT2D eigenvalue weighted by Gasteiger charge is -2.34. The molecule has 134 valence electrons. The average Bonchev–Trinajstić information content (AvgIpc) is 2.93. The van der Waals surface area contributed by atoms with E-state index in [1.807, 2.05) is 0 Å². The van der Waals surface area contributed by atoms with Gasteiger partial charge >= 0.3 is 6.09 Å². The highest BCUT2D eigenvalue weighted by Gasteiger charge is 2.38. The van der Waals surface area contributed by atoms with Crippen LogP contribution in [-0.4, -0.2) is 53.4 Å². The molecule has 2 fully saturated rings. The maximum absolute atomic E-state index is 13.7. The van der Waals surface area contributed by atoms with Gasteiger partial charge in [0.15, 0.2) is 6.61 Å². The highest BCUT2D eigenvalue weighted by Crippen LogP contribution is 2.23. The quantitative estimate of drug-likeness (QED) is 0.818. The molecule has 0 bridgehead atoms. The first-order chi connectivity index (χ1) is 12.0. The summed E-state index contributed by atoms with van der Waals surface area (Å²) in [6, 6.07) is 4.22. The van der Waals surface area contributed by atoms with Gasteiger partial charge in [-0.25, -0.2) is 14.1 Å². The minimum Gasteiger partial charge on any atom is -0.439 e. The van der Waals surface area contributed by atoms with Crippen molar-refractivity contribution in [2.24, 2.45) is 0 Å². The van der Waals surface area contributed by atoms with E-state index in [1.165, 1.54) is 12.1 Å². The summed E-state index contributed by atoms with van der Waals surface area (Å²) in [5, 5.41) is 0.317. The fraction of sp³-hybridized carbons (Fsp3) is 0.471. The van der Waals surface area contributed by atoms with Crippen molar-refractivity contribution in [2.45, 2.75) is 31.7 Å². The van der Waals surface area contributed by atoms with E-state index in [4.69, 9.17) is 16.3 Å². The molecule has 0 atom stereocenters. The van der Waals surface area contributed by atoms with E-state index >= 15 is 0 Å². The van der Waals surface area contributed by atoms with Crippen LogP contribution >= 0.6 is 11.6 Å². The maximum atomic E-state index is 13.7. The Kier molecular flexibility index (Phi) is 5.22. The topological polar surface area (TPSA) is 66.9 Å². The van der Waals surface area contributed by atoms with Crippen molar-refractivity contribution in [1.29, 1.82) is 0 Å². The summed E-state index contributed by atoms with van der Waals surface area (Å²) in [5.74, 6) is -0.831. The summed E-state index contributed by atoms with van der Waals surface area (Å²) in [5.41, 5.74) is 0.345. The Hall–Kier alpha value is -2.15. The van der Waals surface area contributed by atoms with Gasteiger partial charge in [0, 0.05) is 36.1 Å². The molecule has 0 aromatic heterocycles. The number of likely N-dealkylation sites (tertiary alicyclic amines) is 1. The van der Waals surface area contributed by atoms with Gasteiger partial charge in [0.05, 0.1) is 0 Å². The van der Waals surface area contributed by atoms with Gasteiger partial charge in [-0.2, -0.15) is 0 Å². The van der Waals surface area contributed by atoms with Crippen LogP contribution in [0.5, 0.6) is 0 Å². The summed E-state index contributed by atoms with van der Waals surface area (Å²) in [6.07, 6.45) is 0.834. The Morgan fingerprint density at radius 3 is 2.60 bits per heavy atom. The van der Waals surface area contributed by atoms with E-state index in [-0.39, 0.29) is 37.3 Å². The van der Waals surface area contributed by atoms with Crippen molar-refractivity contribution in [3.63, 3.8) is 0 Å². The van der Waals surface area contributed by atoms with E-state index in [0.717, 1.165) is 4.90 Å². The van der Waals surface area contributed by atoms with Crippen molar-refractivity contribution < 1.29 is 23.5 Å². The summed E-state index contributed by atoms with van der Waals surface area (Å²) >= 11 is 5.97. The highest BCUT2D eigenvalue weighted by atomic mass is 35.5. The smallest absolute Gasteiger partial charge is 0.417 e. The Morgan fingerprint density at radius 2 is 2.00 bits per heavy atom. The van der Waals surface area contributed by atoms with Crippen LogP contribution in [0.4, 0.5) is 9.18 Å². The molecule has 0 radical (unpaired) electrons. The van der Waals surface area contributed by atoms with Gasteiger partial charge in [0.2, 0.25) is 5.91 Å². The van der Waals surface area contributed by atoms with Crippen molar-refractivity contribution in [3.8, 4) is 0 Å². The number of halogens is 2. The molecule has 1 aromatic rings. The number of carbonyl (C=O) groups excluding carboxylic acids is 3. The molecule has 25 heavy (non-hydrogen) atoms. The number of hydrogen-bond acceptors (Lipinski definition) is 4. The van der Waals surface area contributed by atoms with Crippen molar-refractivity contribution in [1.82, 2.24) is 9.80 Å². The fourth-order valence-corrected chi connectivity index (χ4v) is 3.51. The molecule has 6 nitrogen and oxygen atoms in total. The lowest BCUT2D eigenvalue weighted by molar-refractivity contribution is -0.133. The van der Waals surface area contributed by atoms with Gasteiger partial charge in [-0.15, -0.1) is 0 Å². The standard InChI is InChI=1S/C17H18ClFN2O4/c18-13-2-1-3-14(19)12(13)4-5-15(22)20-8-6-11(7-9-20)21-16(23)10-25-17(21)24/h1-3,11H,4-10H2. The molecular formula is C17H18ClFN2O4. The molecular weight excluding hydrogens is 351 g/mol. The number of benzene rings is 1. The largest absolute Gasteiger partial charge is 0.439 e. The van der Waals surface area contributed by atoms with Gasteiger partial charge in [0.25, 0.3) is 5.91 Å². The lowest BCUT2D eigenvalue weighted by Crippen LogP contribution is -2.48. The number of carbonyl (C=O) groups is 3. The number of cyclic esters (lactones) is 1. The molecule has 2 heterocycles. The molecule has 0 spiro atoms. The van der Waals surface area contributed by atoms with Crippen LogP contribution in [0, 0.1) is 5.82 Å². The Morgan fingerprint density at radius 1 is 1.28 bits per heavy atom. The van der Waals surface area contributed by atoms with E-state index < -0.39 is 11.9 Å². The molecule has 2 saturated heterocycles. The number of imide groups is 1. The SMILES string of the molecule is O=C(CCc1c(F)cccc1Cl)N1CCC(N2C(=O)COC2=O)CC1. The second kappa shape index (κ2) is 7.39. The molecule has 0 N–H and O–H groups in total. The summed E-state index contributed by atoms with van der Waals surface area (Å²) in [7, 11) is 0. The zero-order valence-electron chi connectivity index (χ0n) is 13.5. The predicted octanol–water partition coefficient (Wildman–Crippen LogP) is 2.38. The monoisotopic (exact) mass is 368 g/mol. The van der Waals surface area contributed by atoms with Crippen LogP contribution in [0.3, 0.4) is 0 Å². The Balaban J connectivity index is 1.52. The Bertz CT molecular complexity index is 668. The summed E-state index contributed by atoms with van der Waals surface area (Å²) in [4.78, 5) is 38.4. The van der Waals surface area contributed by atoms with Gasteiger partial charge in [0.1, 0.15) is 5.82 Å². The molecule has 3 amide bonds. The molecule has 0 saturated carbocycles. The van der Waals surface area contributed by atoms with Crippen LogP contribution in [0.25, 0.3) is 0 Å². The molecule has 0 aliphatic carbocycles. The minimum absolute atomic E-state index is 0.0897. The number of piperidine rings is 1. The van der Waals surface area contributed by atoms with Crippen molar-refractivity contribution in [2.75, 3.05) is 19.7 Å². The van der Waals surface area contributed by atoms with Crippen molar-refractivity contribution in [3.05, 3.63) is 34.6 Å². The first kappa shape index (κ1) is 17.7. The fourth-order valence-electron chi connectivity index (χ4n) is 3.25. The van der Waals surface area contributed by atoms with E-state index in [1.54, 1.807) is 11.0 Å². The number of ether oxygens (including phenoxy) is 1. The number of rotatable bonds is 4. The maximum Gasteiger partial charge on any atom is 0.417 e. The third kappa shape index (κ3) is 3.76. The first-order valence-electron chi connectivity index (χ1n) is 8.17. The number of nitrogens with zero attached hydrogens (tertiary/aromatic N) is 2. The zero-order valence-corrected chi connectivity index (χ0v) is 14.3. The minimum atomic E-state index is -0.607. The van der Waals surface area contributed by atoms with E-state index in [9.17, 15) is 18.8 Å². The first-order valence-corrected chi connectivity index (χ1v) is 8.54. The Labute approximate surface area is 149 Å². The van der Waals surface area contributed by atoms with Gasteiger partial charge < -0.3 is 9.64 Å². The van der Waals surface area contributed by atoms with Gasteiger partial charge in [-0.1, -0.05) is 17.7 Å². The molecule has 2 aliphatic rings. The summed E-state index contributed by atoms with van der Waals surface area (Å²) in [6.45, 7) is 0.693. The van der Waals surface area contributed by atoms with Crippen LogP contribution < -0.4 is 0 Å². The van der Waals surface area contributed by atoms with Crippen LogP contribution in [0.15, 0.2) is 18.2 Å². The molecule has 8 heteroatoms. The van der Waals surface area contributed by atoms with Gasteiger partial charge in [-0.3, -0.25) is 9.59 Å². The van der Waals surface area contributed by atoms with Crippen LogP contribution in [-0.2, 0) is 20.7 Å². The molecule has 0 unspecified atom stereocenters. The third-order valence-electron chi connectivity index (χ3n) is 4.62. The van der Waals surface area contributed by atoms with Crippen molar-refractivity contribution >= 4 is 29.5 Å². The van der Waals surface area contributed by atoms with Gasteiger partial charge in [-0.05, 0) is 31.4 Å². The second-order valence-corrected chi connectivity index (χ2v) is 6.54. The molecule has 1 aromatic carbocycles. The summed E-state index contributed by atoms with van der Waals surface area (Å²) < 4.78 is 18.5. The lowest BCUT2D eigenvalue weighted by atomic mass is 10.0. The highest BCUT2D eigenvalue weighted by molar-refractivity contribution is 6.31. The van der Waals surface area contributed by atoms with E-state index in [0.29, 0.717) is 36.5 Å².